The van der Waals surface area contributed by atoms with E-state index in [1.165, 1.54) is 0 Å². The Morgan fingerprint density at radius 3 is 1.38 bits per heavy atom. The summed E-state index contributed by atoms with van der Waals surface area (Å²) in [5.41, 5.74) is 0. The Balaban J connectivity index is 4.09. The number of hydrogen-bond acceptors (Lipinski definition) is 8. The minimum absolute atomic E-state index is 0.0481. The van der Waals surface area contributed by atoms with Crippen LogP contribution in [-0.4, -0.2) is 66.8 Å². The second kappa shape index (κ2) is 10.9. The van der Waals surface area contributed by atoms with Crippen LogP contribution in [0.15, 0.2) is 0 Å². The SMILES string of the molecule is CC(C)(CC(C)(C)SSCC(O)CO)SSCC(O)CO. The van der Waals surface area contributed by atoms with Gasteiger partial charge in [-0.05, 0) is 34.1 Å². The molecule has 2 unspecified atom stereocenters. The van der Waals surface area contributed by atoms with Gasteiger partial charge in [-0.1, -0.05) is 43.2 Å². The molecule has 0 rings (SSSR count). The van der Waals surface area contributed by atoms with Crippen molar-refractivity contribution in [2.75, 3.05) is 24.7 Å². The van der Waals surface area contributed by atoms with E-state index >= 15 is 0 Å². The van der Waals surface area contributed by atoms with Gasteiger partial charge in [0.1, 0.15) is 0 Å². The third-order valence-corrected chi connectivity index (χ3v) is 9.06. The smallest absolute Gasteiger partial charge is 0.0869 e. The normalized spacial score (nSPS) is 16.0. The van der Waals surface area contributed by atoms with E-state index in [0.717, 1.165) is 6.42 Å². The fourth-order valence-corrected chi connectivity index (χ4v) is 7.58. The summed E-state index contributed by atoms with van der Waals surface area (Å²) in [5, 5.41) is 36.3. The molecular weight excluding hydrogens is 348 g/mol. The van der Waals surface area contributed by atoms with Gasteiger partial charge in [-0.25, -0.2) is 0 Å². The van der Waals surface area contributed by atoms with Gasteiger partial charge in [-0.15, -0.1) is 0 Å². The molecule has 128 valence electrons. The first-order chi connectivity index (χ1) is 9.62. The molecule has 0 fully saturated rings. The summed E-state index contributed by atoms with van der Waals surface area (Å²) < 4.78 is 0.0962. The highest BCUT2D eigenvalue weighted by Gasteiger charge is 2.30. The maximum atomic E-state index is 9.34. The fourth-order valence-electron chi connectivity index (χ4n) is 1.73. The summed E-state index contributed by atoms with van der Waals surface area (Å²) in [6.45, 7) is 8.30. The van der Waals surface area contributed by atoms with Gasteiger partial charge < -0.3 is 20.4 Å². The standard InChI is InChI=1S/C13H28O4S4/c1-12(2,20-18-7-10(16)5-14)9-13(3,4)21-19-8-11(17)6-15/h10-11,14-17H,5-9H2,1-4H3. The molecule has 8 heteroatoms. The fraction of sp³-hybridized carbons (Fsp3) is 1.00. The zero-order valence-electron chi connectivity index (χ0n) is 13.1. The lowest BCUT2D eigenvalue weighted by Crippen LogP contribution is -2.27. The molecular formula is C13H28O4S4. The summed E-state index contributed by atoms with van der Waals surface area (Å²) in [6.07, 6.45) is -0.341. The van der Waals surface area contributed by atoms with Gasteiger partial charge in [0.2, 0.25) is 0 Å². The van der Waals surface area contributed by atoms with Crippen molar-refractivity contribution in [1.29, 1.82) is 0 Å². The second-order valence-electron chi connectivity index (χ2n) is 6.10. The molecule has 0 aliphatic heterocycles. The molecule has 4 nitrogen and oxygen atoms in total. The molecule has 0 heterocycles. The number of rotatable bonds is 12. The van der Waals surface area contributed by atoms with Crippen LogP contribution in [0.4, 0.5) is 0 Å². The lowest BCUT2D eigenvalue weighted by molar-refractivity contribution is 0.114. The molecule has 0 aromatic rings. The van der Waals surface area contributed by atoms with E-state index in [1.807, 2.05) is 0 Å². The topological polar surface area (TPSA) is 80.9 Å². The maximum Gasteiger partial charge on any atom is 0.0869 e. The Bertz CT molecular complexity index is 251. The zero-order valence-corrected chi connectivity index (χ0v) is 16.4. The lowest BCUT2D eigenvalue weighted by atomic mass is 9.99. The molecule has 0 aromatic heterocycles. The molecule has 0 bridgehead atoms. The van der Waals surface area contributed by atoms with Crippen molar-refractivity contribution < 1.29 is 20.4 Å². The van der Waals surface area contributed by atoms with Crippen LogP contribution in [0.2, 0.25) is 0 Å². The Morgan fingerprint density at radius 2 is 1.10 bits per heavy atom. The lowest BCUT2D eigenvalue weighted by Gasteiger charge is -2.33. The largest absolute Gasteiger partial charge is 0.394 e. The van der Waals surface area contributed by atoms with Crippen molar-refractivity contribution >= 4 is 43.2 Å². The van der Waals surface area contributed by atoms with Gasteiger partial charge in [0.25, 0.3) is 0 Å². The molecule has 2 atom stereocenters. The van der Waals surface area contributed by atoms with Gasteiger partial charge in [0, 0.05) is 21.0 Å². The van der Waals surface area contributed by atoms with E-state index in [1.54, 1.807) is 43.2 Å². The van der Waals surface area contributed by atoms with Gasteiger partial charge in [0.15, 0.2) is 0 Å². The van der Waals surface area contributed by atoms with Crippen LogP contribution < -0.4 is 0 Å². The first kappa shape index (κ1) is 22.2. The summed E-state index contributed by atoms with van der Waals surface area (Å²) in [7, 11) is 6.62. The third kappa shape index (κ3) is 12.3. The van der Waals surface area contributed by atoms with E-state index < -0.39 is 12.2 Å². The van der Waals surface area contributed by atoms with Gasteiger partial charge in [-0.3, -0.25) is 0 Å². The van der Waals surface area contributed by atoms with Gasteiger partial charge in [-0.2, -0.15) is 0 Å². The molecule has 0 aromatic carbocycles. The maximum absolute atomic E-state index is 9.34. The van der Waals surface area contributed by atoms with E-state index in [0.29, 0.717) is 11.5 Å². The first-order valence-corrected chi connectivity index (χ1v) is 11.4. The molecule has 0 saturated heterocycles. The first-order valence-electron chi connectivity index (χ1n) is 6.81. The Hall–Kier alpha value is 1.24. The Labute approximate surface area is 144 Å². The number of aliphatic hydroxyl groups excluding tert-OH is 4. The highest BCUT2D eigenvalue weighted by molar-refractivity contribution is 8.77. The average molecular weight is 377 g/mol. The quantitative estimate of drug-likeness (QED) is 0.387. The third-order valence-electron chi connectivity index (χ3n) is 2.36. The monoisotopic (exact) mass is 376 g/mol. The van der Waals surface area contributed by atoms with Crippen molar-refractivity contribution in [2.24, 2.45) is 0 Å². The minimum atomic E-state index is -0.656. The van der Waals surface area contributed by atoms with Crippen molar-refractivity contribution in [3.63, 3.8) is 0 Å². The predicted molar refractivity (Wildman–Crippen MR) is 99.1 cm³/mol. The van der Waals surface area contributed by atoms with Gasteiger partial charge >= 0.3 is 0 Å². The van der Waals surface area contributed by atoms with E-state index in [-0.39, 0.29) is 22.7 Å². The molecule has 0 spiro atoms. The summed E-state index contributed by atoms with van der Waals surface area (Å²) in [5.74, 6) is 1.05. The van der Waals surface area contributed by atoms with Crippen molar-refractivity contribution in [3.8, 4) is 0 Å². The van der Waals surface area contributed by atoms with Crippen LogP contribution in [0.3, 0.4) is 0 Å². The van der Waals surface area contributed by atoms with Crippen molar-refractivity contribution in [2.45, 2.75) is 55.8 Å². The molecule has 0 aliphatic carbocycles. The summed E-state index contributed by atoms with van der Waals surface area (Å²) >= 11 is 0. The van der Waals surface area contributed by atoms with E-state index in [2.05, 4.69) is 27.7 Å². The molecule has 0 radical (unpaired) electrons. The zero-order chi connectivity index (χ0) is 16.5. The second-order valence-corrected chi connectivity index (χ2v) is 12.2. The van der Waals surface area contributed by atoms with Crippen LogP contribution in [0.1, 0.15) is 34.1 Å². The van der Waals surface area contributed by atoms with Crippen LogP contribution in [0.25, 0.3) is 0 Å². The number of aliphatic hydroxyl groups is 4. The van der Waals surface area contributed by atoms with E-state index in [9.17, 15) is 10.2 Å². The van der Waals surface area contributed by atoms with E-state index in [4.69, 9.17) is 10.2 Å². The highest BCUT2D eigenvalue weighted by atomic mass is 33.1. The van der Waals surface area contributed by atoms with Crippen LogP contribution in [0, 0.1) is 0 Å². The highest BCUT2D eigenvalue weighted by Crippen LogP contribution is 2.47. The van der Waals surface area contributed by atoms with Crippen LogP contribution in [0.5, 0.6) is 0 Å². The molecule has 4 N–H and O–H groups in total. The summed E-state index contributed by atoms with van der Waals surface area (Å²) in [4.78, 5) is 0. The Kier molecular flexibility index (Phi) is 11.6. The number of hydrogen-bond donors (Lipinski definition) is 4. The molecule has 0 amide bonds. The molecule has 0 saturated carbocycles. The van der Waals surface area contributed by atoms with Crippen LogP contribution in [-0.2, 0) is 0 Å². The average Bonchev–Trinajstić information content (AvgIpc) is 2.36. The van der Waals surface area contributed by atoms with Crippen molar-refractivity contribution in [1.82, 2.24) is 0 Å². The van der Waals surface area contributed by atoms with Crippen LogP contribution >= 0.6 is 43.2 Å². The minimum Gasteiger partial charge on any atom is -0.394 e. The molecule has 0 aliphatic rings. The molecule has 21 heavy (non-hydrogen) atoms. The Morgan fingerprint density at radius 1 is 0.762 bits per heavy atom. The van der Waals surface area contributed by atoms with Gasteiger partial charge in [0.05, 0.1) is 25.4 Å². The summed E-state index contributed by atoms with van der Waals surface area (Å²) in [6, 6.07) is 0. The van der Waals surface area contributed by atoms with Crippen molar-refractivity contribution in [3.05, 3.63) is 0 Å². The predicted octanol–water partition coefficient (Wildman–Crippen LogP) is 2.40.